The van der Waals surface area contributed by atoms with Crippen LogP contribution in [0, 0.1) is 0 Å². The summed E-state index contributed by atoms with van der Waals surface area (Å²) in [4.78, 5) is 0. The third kappa shape index (κ3) is 4.84. The van der Waals surface area contributed by atoms with Crippen LogP contribution in [0.4, 0.5) is 0 Å². The van der Waals surface area contributed by atoms with Gasteiger partial charge in [0, 0.05) is 11.8 Å². The fourth-order valence-corrected chi connectivity index (χ4v) is 9.46. The van der Waals surface area contributed by atoms with Crippen molar-refractivity contribution in [2.24, 2.45) is 0 Å². The Labute approximate surface area is 316 Å². The van der Waals surface area contributed by atoms with Crippen molar-refractivity contribution in [2.75, 3.05) is 0 Å². The second-order valence-electron chi connectivity index (χ2n) is 14.8. The van der Waals surface area contributed by atoms with E-state index in [1.165, 1.54) is 99.8 Å². The second-order valence-corrected chi connectivity index (χ2v) is 14.8. The van der Waals surface area contributed by atoms with Crippen LogP contribution in [0.2, 0.25) is 0 Å². The predicted octanol–water partition coefficient (Wildman–Crippen LogP) is 14.2. The summed E-state index contributed by atoms with van der Waals surface area (Å²) in [5.41, 5.74) is 21.1. The minimum atomic E-state index is 0.121. The summed E-state index contributed by atoms with van der Waals surface area (Å²) in [6, 6.07) is 76.7. The third-order valence-corrected chi connectivity index (χ3v) is 11.8. The smallest absolute Gasteiger partial charge is 0.0358 e. The van der Waals surface area contributed by atoms with E-state index < -0.39 is 0 Å². The highest BCUT2D eigenvalue weighted by atomic mass is 14.4. The molecule has 0 aromatic heterocycles. The molecule has 0 amide bonds. The van der Waals surface area contributed by atoms with Crippen LogP contribution < -0.4 is 0 Å². The fraction of sp³-hybridized carbons (Fsp3) is 0.0370. The van der Waals surface area contributed by atoms with Gasteiger partial charge >= 0.3 is 0 Å². The lowest BCUT2D eigenvalue weighted by Crippen LogP contribution is -2.03. The third-order valence-electron chi connectivity index (χ3n) is 11.8. The van der Waals surface area contributed by atoms with Crippen LogP contribution in [0.5, 0.6) is 0 Å². The number of fused-ring (bicyclic) bond motifs is 7. The van der Waals surface area contributed by atoms with E-state index in [1.54, 1.807) is 0 Å². The lowest BCUT2D eigenvalue weighted by molar-refractivity contribution is 0.987. The number of hydrogen-bond donors (Lipinski definition) is 0. The first-order valence-corrected chi connectivity index (χ1v) is 19.0. The zero-order valence-electron chi connectivity index (χ0n) is 29.8. The number of rotatable bonds is 5. The topological polar surface area (TPSA) is 0 Å². The molecule has 0 radical (unpaired) electrons. The van der Waals surface area contributed by atoms with Gasteiger partial charge in [-0.1, -0.05) is 182 Å². The summed E-state index contributed by atoms with van der Waals surface area (Å²) in [5, 5.41) is 2.58. The molecule has 9 aromatic carbocycles. The maximum Gasteiger partial charge on any atom is 0.0358 e. The molecule has 0 aliphatic heterocycles. The van der Waals surface area contributed by atoms with Gasteiger partial charge in [0.25, 0.3) is 0 Å². The van der Waals surface area contributed by atoms with E-state index in [9.17, 15) is 0 Å². The Bertz CT molecular complexity index is 2810. The summed E-state index contributed by atoms with van der Waals surface area (Å²) in [6.07, 6.45) is 0. The Morgan fingerprint density at radius 2 is 0.685 bits per heavy atom. The zero-order chi connectivity index (χ0) is 35.6. The minimum Gasteiger partial charge on any atom is -0.0622 e. The van der Waals surface area contributed by atoms with Gasteiger partial charge in [-0.25, -0.2) is 0 Å². The van der Waals surface area contributed by atoms with Gasteiger partial charge in [0.2, 0.25) is 0 Å². The molecule has 0 nitrogen and oxygen atoms in total. The summed E-state index contributed by atoms with van der Waals surface area (Å²) in [5.74, 6) is 0.331. The van der Waals surface area contributed by atoms with E-state index in [1.807, 2.05) is 0 Å². The zero-order valence-corrected chi connectivity index (χ0v) is 29.8. The molecule has 54 heavy (non-hydrogen) atoms. The molecule has 0 heteroatoms. The molecular formula is C54H36. The molecule has 2 atom stereocenters. The van der Waals surface area contributed by atoms with Crippen LogP contribution in [0.15, 0.2) is 206 Å². The van der Waals surface area contributed by atoms with Gasteiger partial charge in [-0.15, -0.1) is 0 Å². The molecule has 0 fully saturated rings. The van der Waals surface area contributed by atoms with Gasteiger partial charge in [-0.05, 0) is 124 Å². The second kappa shape index (κ2) is 12.4. The number of benzene rings is 9. The maximum absolute atomic E-state index is 2.56. The van der Waals surface area contributed by atoms with Crippen LogP contribution in [0.25, 0.3) is 66.4 Å². The van der Waals surface area contributed by atoms with Crippen LogP contribution in [0.1, 0.15) is 45.2 Å². The van der Waals surface area contributed by atoms with Crippen molar-refractivity contribution in [3.05, 3.63) is 240 Å². The molecular weight excluding hydrogens is 649 g/mol. The predicted molar refractivity (Wildman–Crippen MR) is 226 cm³/mol. The summed E-state index contributed by atoms with van der Waals surface area (Å²) < 4.78 is 0. The van der Waals surface area contributed by atoms with Gasteiger partial charge in [0.15, 0.2) is 0 Å². The highest BCUT2D eigenvalue weighted by Crippen LogP contribution is 2.56. The molecule has 2 unspecified atom stereocenters. The van der Waals surface area contributed by atoms with Crippen LogP contribution in [-0.2, 0) is 0 Å². The molecule has 252 valence electrons. The maximum atomic E-state index is 2.56. The van der Waals surface area contributed by atoms with Gasteiger partial charge < -0.3 is 0 Å². The SMILES string of the molecule is c1ccc(-c2cc(-c3ccccc3)cc(-c3cccc4c(C5c6ccccc6-c6cc7c(cc65)C(c5ccccc5)c5ccccc5-7)cccc34)c2)cc1. The first-order valence-electron chi connectivity index (χ1n) is 19.0. The lowest BCUT2D eigenvalue weighted by atomic mass is 9.82. The van der Waals surface area contributed by atoms with Crippen molar-refractivity contribution in [1.82, 2.24) is 0 Å². The fourth-order valence-electron chi connectivity index (χ4n) is 9.46. The van der Waals surface area contributed by atoms with Gasteiger partial charge in [0.1, 0.15) is 0 Å². The number of hydrogen-bond acceptors (Lipinski definition) is 0. The van der Waals surface area contributed by atoms with E-state index in [-0.39, 0.29) is 11.8 Å². The molecule has 9 aromatic rings. The van der Waals surface area contributed by atoms with E-state index in [2.05, 4.69) is 206 Å². The molecule has 0 N–H and O–H groups in total. The van der Waals surface area contributed by atoms with E-state index >= 15 is 0 Å². The Morgan fingerprint density at radius 3 is 1.33 bits per heavy atom. The van der Waals surface area contributed by atoms with Crippen molar-refractivity contribution in [1.29, 1.82) is 0 Å². The van der Waals surface area contributed by atoms with Crippen molar-refractivity contribution in [3.8, 4) is 55.6 Å². The molecule has 0 heterocycles. The van der Waals surface area contributed by atoms with E-state index in [0.717, 1.165) is 0 Å². The van der Waals surface area contributed by atoms with Crippen molar-refractivity contribution >= 4 is 10.8 Å². The largest absolute Gasteiger partial charge is 0.0622 e. The average molecular weight is 685 g/mol. The van der Waals surface area contributed by atoms with Crippen molar-refractivity contribution < 1.29 is 0 Å². The van der Waals surface area contributed by atoms with Gasteiger partial charge in [-0.3, -0.25) is 0 Å². The molecule has 11 rings (SSSR count). The standard InChI is InChI=1S/C54H36/c1-4-16-35(17-5-1)38-30-39(36-18-6-2-7-19-36)32-40(31-38)41-26-14-28-43-42(41)27-15-29-48(43)54-47-25-13-11-23-45(47)50-33-49-44-22-10-12-24-46(44)53(51(49)34-52(50)54)37-20-8-3-9-21-37/h1-34,53-54H. The molecule has 0 spiro atoms. The minimum absolute atomic E-state index is 0.121. The first kappa shape index (κ1) is 30.8. The van der Waals surface area contributed by atoms with Crippen LogP contribution in [-0.4, -0.2) is 0 Å². The van der Waals surface area contributed by atoms with Crippen LogP contribution in [0.3, 0.4) is 0 Å². The van der Waals surface area contributed by atoms with Crippen LogP contribution >= 0.6 is 0 Å². The molecule has 2 aliphatic carbocycles. The quantitative estimate of drug-likeness (QED) is 0.169. The van der Waals surface area contributed by atoms with E-state index in [4.69, 9.17) is 0 Å². The normalized spacial score (nSPS) is 15.0. The lowest BCUT2D eigenvalue weighted by Gasteiger charge is -2.20. The highest BCUT2D eigenvalue weighted by Gasteiger charge is 2.36. The molecule has 0 bridgehead atoms. The summed E-state index contributed by atoms with van der Waals surface area (Å²) >= 11 is 0. The van der Waals surface area contributed by atoms with Gasteiger partial charge in [-0.2, -0.15) is 0 Å². The van der Waals surface area contributed by atoms with Gasteiger partial charge in [0.05, 0.1) is 0 Å². The first-order chi connectivity index (χ1) is 26.8. The Kier molecular flexibility index (Phi) is 7.10. The Morgan fingerprint density at radius 1 is 0.222 bits per heavy atom. The highest BCUT2D eigenvalue weighted by molar-refractivity contribution is 6.01. The molecule has 0 saturated heterocycles. The van der Waals surface area contributed by atoms with Crippen molar-refractivity contribution in [3.63, 3.8) is 0 Å². The van der Waals surface area contributed by atoms with E-state index in [0.29, 0.717) is 0 Å². The molecule has 2 aliphatic rings. The Balaban J connectivity index is 1.11. The molecule has 0 saturated carbocycles. The van der Waals surface area contributed by atoms with Crippen molar-refractivity contribution in [2.45, 2.75) is 11.8 Å². The Hall–Kier alpha value is -6.76. The summed E-state index contributed by atoms with van der Waals surface area (Å²) in [6.45, 7) is 0. The average Bonchev–Trinajstić information content (AvgIpc) is 3.75. The summed E-state index contributed by atoms with van der Waals surface area (Å²) in [7, 11) is 0. The monoisotopic (exact) mass is 684 g/mol.